The number of hydrogen-bond donors (Lipinski definition) is 1. The Balaban J connectivity index is 1.58. The average Bonchev–Trinajstić information content (AvgIpc) is 3.09. The third-order valence-corrected chi connectivity index (χ3v) is 4.34. The summed E-state index contributed by atoms with van der Waals surface area (Å²) >= 11 is 1.15. The first kappa shape index (κ1) is 18.8. The van der Waals surface area contributed by atoms with Gasteiger partial charge in [-0.2, -0.15) is 8.78 Å². The maximum atomic E-state index is 12.4. The smallest absolute Gasteiger partial charge is 0.387 e. The number of anilines is 1. The summed E-state index contributed by atoms with van der Waals surface area (Å²) in [5, 5.41) is 14.5. The van der Waals surface area contributed by atoms with Crippen LogP contribution in [0, 0.1) is 0 Å². The van der Waals surface area contributed by atoms with E-state index in [1.54, 1.807) is 16.8 Å². The number of alkyl halides is 2. The molecule has 1 aromatic heterocycles. The van der Waals surface area contributed by atoms with Gasteiger partial charge in [0, 0.05) is 0 Å². The fourth-order valence-corrected chi connectivity index (χ4v) is 2.92. The molecule has 7 nitrogen and oxygen atoms in total. The van der Waals surface area contributed by atoms with Gasteiger partial charge in [0.05, 0.1) is 18.0 Å². The number of hydrogen-bond acceptors (Lipinski definition) is 6. The lowest BCUT2D eigenvalue weighted by Gasteiger charge is -2.11. The number of nitrogens with zero attached hydrogens (tertiary/aromatic N) is 4. The van der Waals surface area contributed by atoms with Gasteiger partial charge in [-0.05, 0) is 28.1 Å². The fourth-order valence-electron chi connectivity index (χ4n) is 2.24. The highest BCUT2D eigenvalue weighted by molar-refractivity contribution is 7.99. The van der Waals surface area contributed by atoms with Crippen LogP contribution in [0.15, 0.2) is 59.8 Å². The molecule has 0 spiro atoms. The van der Waals surface area contributed by atoms with Crippen molar-refractivity contribution in [3.8, 4) is 5.75 Å². The van der Waals surface area contributed by atoms with Crippen molar-refractivity contribution >= 4 is 23.4 Å². The maximum Gasteiger partial charge on any atom is 0.387 e. The van der Waals surface area contributed by atoms with Crippen molar-refractivity contribution in [3.63, 3.8) is 0 Å². The van der Waals surface area contributed by atoms with E-state index in [1.165, 1.54) is 12.1 Å². The van der Waals surface area contributed by atoms with E-state index in [0.29, 0.717) is 11.7 Å². The summed E-state index contributed by atoms with van der Waals surface area (Å²) in [6.45, 7) is -2.50. The predicted molar refractivity (Wildman–Crippen MR) is 95.8 cm³/mol. The summed E-state index contributed by atoms with van der Waals surface area (Å²) in [5.74, 6) is -0.475. The molecule has 10 heteroatoms. The molecule has 0 aliphatic heterocycles. The Morgan fingerprint density at radius 2 is 1.89 bits per heavy atom. The van der Waals surface area contributed by atoms with Gasteiger partial charge >= 0.3 is 6.61 Å². The van der Waals surface area contributed by atoms with Gasteiger partial charge in [-0.25, -0.2) is 4.68 Å². The molecule has 0 aliphatic carbocycles. The Labute approximate surface area is 157 Å². The van der Waals surface area contributed by atoms with Gasteiger partial charge in [0.1, 0.15) is 5.75 Å². The van der Waals surface area contributed by atoms with Gasteiger partial charge < -0.3 is 10.1 Å². The van der Waals surface area contributed by atoms with E-state index in [1.807, 2.05) is 30.3 Å². The third kappa shape index (κ3) is 5.48. The predicted octanol–water partition coefficient (Wildman–Crippen LogP) is 3.05. The molecule has 0 bridgehead atoms. The molecule has 1 heterocycles. The summed E-state index contributed by atoms with van der Waals surface area (Å²) < 4.78 is 30.8. The Bertz CT molecular complexity index is 892. The number of halogens is 2. The lowest BCUT2D eigenvalue weighted by atomic mass is 10.2. The number of tetrazole rings is 1. The lowest BCUT2D eigenvalue weighted by molar-refractivity contribution is -0.113. The molecule has 2 aromatic carbocycles. The molecule has 0 atom stereocenters. The number of aromatic nitrogens is 4. The molecule has 0 unspecified atom stereocenters. The highest BCUT2D eigenvalue weighted by Gasteiger charge is 2.14. The van der Waals surface area contributed by atoms with E-state index in [4.69, 9.17) is 0 Å². The molecule has 0 radical (unpaired) electrons. The molecular formula is C17H15F2N5O2S. The zero-order valence-corrected chi connectivity index (χ0v) is 14.8. The average molecular weight is 391 g/mol. The lowest BCUT2D eigenvalue weighted by Crippen LogP contribution is -2.16. The zero-order chi connectivity index (χ0) is 19.1. The second kappa shape index (κ2) is 9.08. The van der Waals surface area contributed by atoms with Gasteiger partial charge in [-0.15, -0.1) is 5.10 Å². The second-order valence-corrected chi connectivity index (χ2v) is 6.26. The number of carbonyl (C=O) groups is 1. The van der Waals surface area contributed by atoms with Crippen molar-refractivity contribution in [1.82, 2.24) is 20.2 Å². The summed E-state index contributed by atoms with van der Waals surface area (Å²) in [6, 6.07) is 15.6. The normalized spacial score (nSPS) is 10.8. The van der Waals surface area contributed by atoms with Crippen LogP contribution in [-0.4, -0.2) is 38.5 Å². The van der Waals surface area contributed by atoms with E-state index < -0.39 is 6.61 Å². The largest absolute Gasteiger partial charge is 0.433 e. The van der Waals surface area contributed by atoms with Crippen LogP contribution in [0.5, 0.6) is 5.75 Å². The topological polar surface area (TPSA) is 81.9 Å². The summed E-state index contributed by atoms with van der Waals surface area (Å²) in [4.78, 5) is 12.2. The summed E-state index contributed by atoms with van der Waals surface area (Å²) in [5.41, 5.74) is 1.20. The maximum absolute atomic E-state index is 12.4. The van der Waals surface area contributed by atoms with Crippen molar-refractivity contribution < 1.29 is 18.3 Å². The van der Waals surface area contributed by atoms with E-state index in [-0.39, 0.29) is 23.1 Å². The van der Waals surface area contributed by atoms with Crippen molar-refractivity contribution in [2.45, 2.75) is 18.3 Å². The first-order valence-electron chi connectivity index (χ1n) is 7.88. The zero-order valence-electron chi connectivity index (χ0n) is 14.0. The highest BCUT2D eigenvalue weighted by Crippen LogP contribution is 2.26. The number of amides is 1. The molecule has 1 amide bonds. The Hall–Kier alpha value is -3.01. The SMILES string of the molecule is O=C(CSc1nnnn1Cc1ccccc1)Nc1ccccc1OC(F)F. The standard InChI is InChI=1S/C17H15F2N5O2S/c18-16(19)26-14-9-5-4-8-13(14)20-15(25)11-27-17-21-22-23-24(17)10-12-6-2-1-3-7-12/h1-9,16H,10-11H2,(H,20,25). The van der Waals surface area contributed by atoms with Crippen molar-refractivity contribution in [1.29, 1.82) is 0 Å². The fraction of sp³-hybridized carbons (Fsp3) is 0.176. The Kier molecular flexibility index (Phi) is 6.31. The van der Waals surface area contributed by atoms with Gasteiger partial charge in [-0.3, -0.25) is 4.79 Å². The van der Waals surface area contributed by atoms with Crippen molar-refractivity contribution in [3.05, 3.63) is 60.2 Å². The van der Waals surface area contributed by atoms with Gasteiger partial charge in [-0.1, -0.05) is 54.2 Å². The van der Waals surface area contributed by atoms with Crippen LogP contribution < -0.4 is 10.1 Å². The number of rotatable bonds is 8. The van der Waals surface area contributed by atoms with Crippen LogP contribution in [0.4, 0.5) is 14.5 Å². The minimum atomic E-state index is -2.97. The monoisotopic (exact) mass is 391 g/mol. The minimum Gasteiger partial charge on any atom is -0.433 e. The number of benzene rings is 2. The van der Waals surface area contributed by atoms with Crippen LogP contribution in [0.2, 0.25) is 0 Å². The third-order valence-electron chi connectivity index (χ3n) is 3.38. The number of nitrogens with one attached hydrogen (secondary N) is 1. The number of thioether (sulfide) groups is 1. The van der Waals surface area contributed by atoms with Crippen LogP contribution in [0.25, 0.3) is 0 Å². The Morgan fingerprint density at radius 3 is 2.67 bits per heavy atom. The minimum absolute atomic E-state index is 0.0121. The molecule has 3 aromatic rings. The van der Waals surface area contributed by atoms with Crippen LogP contribution in [0.1, 0.15) is 5.56 Å². The van der Waals surface area contributed by atoms with Crippen LogP contribution in [0.3, 0.4) is 0 Å². The van der Waals surface area contributed by atoms with E-state index in [0.717, 1.165) is 17.3 Å². The number of para-hydroxylation sites is 2. The molecule has 1 N–H and O–H groups in total. The molecular weight excluding hydrogens is 376 g/mol. The summed E-state index contributed by atoms with van der Waals surface area (Å²) in [6.07, 6.45) is 0. The van der Waals surface area contributed by atoms with E-state index >= 15 is 0 Å². The quantitative estimate of drug-likeness (QED) is 0.595. The molecule has 140 valence electrons. The molecule has 27 heavy (non-hydrogen) atoms. The van der Waals surface area contributed by atoms with Crippen LogP contribution >= 0.6 is 11.8 Å². The first-order valence-corrected chi connectivity index (χ1v) is 8.87. The van der Waals surface area contributed by atoms with Gasteiger partial charge in [0.25, 0.3) is 0 Å². The second-order valence-electron chi connectivity index (χ2n) is 5.32. The number of carbonyl (C=O) groups excluding carboxylic acids is 1. The van der Waals surface area contributed by atoms with Gasteiger partial charge in [0.2, 0.25) is 11.1 Å². The van der Waals surface area contributed by atoms with Crippen molar-refractivity contribution in [2.75, 3.05) is 11.1 Å². The Morgan fingerprint density at radius 1 is 1.15 bits per heavy atom. The molecule has 0 saturated heterocycles. The first-order chi connectivity index (χ1) is 13.1. The van der Waals surface area contributed by atoms with Crippen LogP contribution in [-0.2, 0) is 11.3 Å². The molecule has 0 fully saturated rings. The molecule has 3 rings (SSSR count). The number of ether oxygens (including phenoxy) is 1. The summed E-state index contributed by atoms with van der Waals surface area (Å²) in [7, 11) is 0. The van der Waals surface area contributed by atoms with Crippen molar-refractivity contribution in [2.24, 2.45) is 0 Å². The molecule has 0 saturated carbocycles. The molecule has 0 aliphatic rings. The van der Waals surface area contributed by atoms with E-state index in [2.05, 4.69) is 25.6 Å². The highest BCUT2D eigenvalue weighted by atomic mass is 32.2. The van der Waals surface area contributed by atoms with Gasteiger partial charge in [0.15, 0.2) is 0 Å². The van der Waals surface area contributed by atoms with E-state index in [9.17, 15) is 13.6 Å².